The second-order valence-corrected chi connectivity index (χ2v) is 5.94. The van der Waals surface area contributed by atoms with Gasteiger partial charge in [0.25, 0.3) is 0 Å². The lowest BCUT2D eigenvalue weighted by Crippen LogP contribution is -2.21. The maximum Gasteiger partial charge on any atom is 0.0638 e. The minimum atomic E-state index is 0.232. The van der Waals surface area contributed by atoms with Gasteiger partial charge in [-0.15, -0.1) is 0 Å². The van der Waals surface area contributed by atoms with Crippen molar-refractivity contribution in [1.82, 2.24) is 19.7 Å². The molecule has 0 aliphatic carbocycles. The SMILES string of the molecule is Cc1nn(C)cc1CN1C[C@@H](CO)[C@H](c2ccncc2)C1. The molecule has 1 saturated heterocycles. The molecule has 21 heavy (non-hydrogen) atoms. The van der Waals surface area contributed by atoms with Crippen LogP contribution in [0.2, 0.25) is 0 Å². The van der Waals surface area contributed by atoms with Gasteiger partial charge in [-0.3, -0.25) is 14.6 Å². The number of hydrogen-bond donors (Lipinski definition) is 1. The van der Waals surface area contributed by atoms with Crippen LogP contribution in [0.4, 0.5) is 0 Å². The van der Waals surface area contributed by atoms with Gasteiger partial charge in [-0.2, -0.15) is 5.10 Å². The first-order valence-electron chi connectivity index (χ1n) is 7.39. The van der Waals surface area contributed by atoms with Crippen LogP contribution in [0.5, 0.6) is 0 Å². The van der Waals surface area contributed by atoms with Crippen molar-refractivity contribution in [3.05, 3.63) is 47.5 Å². The maximum atomic E-state index is 9.68. The van der Waals surface area contributed by atoms with E-state index in [4.69, 9.17) is 0 Å². The molecule has 1 N–H and O–H groups in total. The first-order valence-corrected chi connectivity index (χ1v) is 7.39. The van der Waals surface area contributed by atoms with Gasteiger partial charge >= 0.3 is 0 Å². The fraction of sp³-hybridized carbons (Fsp3) is 0.500. The normalized spacial score (nSPS) is 22.8. The highest BCUT2D eigenvalue weighted by Gasteiger charge is 2.33. The number of likely N-dealkylation sites (tertiary alicyclic amines) is 1. The predicted octanol–water partition coefficient (Wildman–Crippen LogP) is 1.33. The molecule has 0 aromatic carbocycles. The Morgan fingerprint density at radius 1 is 1.29 bits per heavy atom. The van der Waals surface area contributed by atoms with Crippen LogP contribution < -0.4 is 0 Å². The van der Waals surface area contributed by atoms with Crippen LogP contribution >= 0.6 is 0 Å². The molecule has 0 amide bonds. The number of hydrogen-bond acceptors (Lipinski definition) is 4. The molecular formula is C16H22N4O. The van der Waals surface area contributed by atoms with Gasteiger partial charge < -0.3 is 5.11 Å². The van der Waals surface area contributed by atoms with Crippen LogP contribution in [0.25, 0.3) is 0 Å². The van der Waals surface area contributed by atoms with E-state index >= 15 is 0 Å². The van der Waals surface area contributed by atoms with E-state index in [1.807, 2.05) is 24.1 Å². The summed E-state index contributed by atoms with van der Waals surface area (Å²) in [6.45, 7) is 5.09. The zero-order valence-corrected chi connectivity index (χ0v) is 12.6. The van der Waals surface area contributed by atoms with Crippen LogP contribution in [0.15, 0.2) is 30.7 Å². The second-order valence-electron chi connectivity index (χ2n) is 5.94. The molecule has 5 heteroatoms. The number of pyridine rings is 1. The third-order valence-electron chi connectivity index (χ3n) is 4.39. The van der Waals surface area contributed by atoms with E-state index in [1.54, 1.807) is 0 Å². The van der Waals surface area contributed by atoms with Crippen molar-refractivity contribution in [2.45, 2.75) is 19.4 Å². The summed E-state index contributed by atoms with van der Waals surface area (Å²) < 4.78 is 1.87. The molecule has 1 fully saturated rings. The van der Waals surface area contributed by atoms with Gasteiger partial charge in [-0.1, -0.05) is 0 Å². The summed E-state index contributed by atoms with van der Waals surface area (Å²) in [5.74, 6) is 0.680. The van der Waals surface area contributed by atoms with Gasteiger partial charge in [-0.25, -0.2) is 0 Å². The molecule has 2 aromatic heterocycles. The zero-order chi connectivity index (χ0) is 14.8. The van der Waals surface area contributed by atoms with Gasteiger partial charge in [0.05, 0.1) is 5.69 Å². The Labute approximate surface area is 125 Å². The van der Waals surface area contributed by atoms with Crippen molar-refractivity contribution in [2.75, 3.05) is 19.7 Å². The van der Waals surface area contributed by atoms with Crippen molar-refractivity contribution in [3.63, 3.8) is 0 Å². The van der Waals surface area contributed by atoms with Gasteiger partial charge in [0.15, 0.2) is 0 Å². The molecule has 5 nitrogen and oxygen atoms in total. The Bertz CT molecular complexity index is 596. The van der Waals surface area contributed by atoms with Crippen LogP contribution in [0.3, 0.4) is 0 Å². The average molecular weight is 286 g/mol. The molecule has 1 aliphatic heterocycles. The maximum absolute atomic E-state index is 9.68. The largest absolute Gasteiger partial charge is 0.396 e. The monoisotopic (exact) mass is 286 g/mol. The Kier molecular flexibility index (Phi) is 4.03. The Morgan fingerprint density at radius 2 is 2.05 bits per heavy atom. The number of rotatable bonds is 4. The van der Waals surface area contributed by atoms with Crippen LogP contribution in [-0.4, -0.2) is 44.5 Å². The minimum absolute atomic E-state index is 0.232. The molecule has 0 spiro atoms. The molecule has 0 unspecified atom stereocenters. The first-order chi connectivity index (χ1) is 10.2. The van der Waals surface area contributed by atoms with Gasteiger partial charge in [0.1, 0.15) is 0 Å². The summed E-state index contributed by atoms with van der Waals surface area (Å²) >= 11 is 0. The van der Waals surface area contributed by atoms with E-state index in [1.165, 1.54) is 11.1 Å². The number of aliphatic hydroxyl groups is 1. The lowest BCUT2D eigenvalue weighted by Gasteiger charge is -2.16. The molecule has 1 aliphatic rings. The smallest absolute Gasteiger partial charge is 0.0638 e. The number of nitrogens with zero attached hydrogens (tertiary/aromatic N) is 4. The third kappa shape index (κ3) is 2.99. The standard InChI is InChI=1S/C16H22N4O/c1-12-14(7-19(2)18-12)8-20-9-15(11-21)16(10-20)13-3-5-17-6-4-13/h3-7,15-16,21H,8-11H2,1-2H3/t15-,16-/m0/s1. The molecule has 0 saturated carbocycles. The highest BCUT2D eigenvalue weighted by atomic mass is 16.3. The fourth-order valence-corrected chi connectivity index (χ4v) is 3.31. The topological polar surface area (TPSA) is 54.2 Å². The summed E-state index contributed by atoms with van der Waals surface area (Å²) in [6.07, 6.45) is 5.75. The zero-order valence-electron chi connectivity index (χ0n) is 12.6. The number of aromatic nitrogens is 3. The Hall–Kier alpha value is -1.72. The molecule has 2 aromatic rings. The van der Waals surface area contributed by atoms with Crippen molar-refractivity contribution in [1.29, 1.82) is 0 Å². The van der Waals surface area contributed by atoms with Crippen molar-refractivity contribution in [2.24, 2.45) is 13.0 Å². The van der Waals surface area contributed by atoms with E-state index in [0.29, 0.717) is 11.8 Å². The first kappa shape index (κ1) is 14.2. The molecule has 3 heterocycles. The Morgan fingerprint density at radius 3 is 2.67 bits per heavy atom. The fourth-order valence-electron chi connectivity index (χ4n) is 3.31. The molecule has 0 radical (unpaired) electrons. The van der Waals surface area contributed by atoms with Gasteiger partial charge in [0.2, 0.25) is 0 Å². The van der Waals surface area contributed by atoms with Crippen LogP contribution in [0.1, 0.15) is 22.7 Å². The van der Waals surface area contributed by atoms with Crippen molar-refractivity contribution >= 4 is 0 Å². The van der Waals surface area contributed by atoms with E-state index in [2.05, 4.69) is 40.2 Å². The summed E-state index contributed by atoms with van der Waals surface area (Å²) in [4.78, 5) is 6.49. The van der Waals surface area contributed by atoms with E-state index in [-0.39, 0.29) is 6.61 Å². The summed E-state index contributed by atoms with van der Waals surface area (Å²) in [5, 5.41) is 14.1. The van der Waals surface area contributed by atoms with E-state index in [9.17, 15) is 5.11 Å². The molecule has 2 atom stereocenters. The molecular weight excluding hydrogens is 264 g/mol. The van der Waals surface area contributed by atoms with Gasteiger partial charge in [-0.05, 0) is 24.6 Å². The highest BCUT2D eigenvalue weighted by Crippen LogP contribution is 2.33. The highest BCUT2D eigenvalue weighted by molar-refractivity contribution is 5.21. The second kappa shape index (κ2) is 5.95. The van der Waals surface area contributed by atoms with E-state index in [0.717, 1.165) is 25.3 Å². The predicted molar refractivity (Wildman–Crippen MR) is 80.8 cm³/mol. The minimum Gasteiger partial charge on any atom is -0.396 e. The average Bonchev–Trinajstić information content (AvgIpc) is 3.03. The molecule has 112 valence electrons. The summed E-state index contributed by atoms with van der Waals surface area (Å²) in [7, 11) is 1.96. The van der Waals surface area contributed by atoms with Crippen molar-refractivity contribution < 1.29 is 5.11 Å². The summed E-state index contributed by atoms with van der Waals surface area (Å²) in [5.41, 5.74) is 3.63. The lowest BCUT2D eigenvalue weighted by atomic mass is 9.90. The summed E-state index contributed by atoms with van der Waals surface area (Å²) in [6, 6.07) is 4.12. The van der Waals surface area contributed by atoms with Crippen LogP contribution in [0, 0.1) is 12.8 Å². The third-order valence-corrected chi connectivity index (χ3v) is 4.39. The number of aliphatic hydroxyl groups excluding tert-OH is 1. The van der Waals surface area contributed by atoms with Crippen molar-refractivity contribution in [3.8, 4) is 0 Å². The lowest BCUT2D eigenvalue weighted by molar-refractivity contribution is 0.214. The molecule has 0 bridgehead atoms. The quantitative estimate of drug-likeness (QED) is 0.921. The van der Waals surface area contributed by atoms with E-state index < -0.39 is 0 Å². The van der Waals surface area contributed by atoms with Crippen LogP contribution in [-0.2, 0) is 13.6 Å². The van der Waals surface area contributed by atoms with Gasteiger partial charge in [0, 0.05) is 69.3 Å². The molecule has 3 rings (SSSR count). The Balaban J connectivity index is 1.74. The number of aryl methyl sites for hydroxylation is 2.